The first-order valence-corrected chi connectivity index (χ1v) is 7.43. The summed E-state index contributed by atoms with van der Waals surface area (Å²) < 4.78 is 5.80. The number of aryl methyl sites for hydroxylation is 1. The van der Waals surface area contributed by atoms with Crippen molar-refractivity contribution in [1.29, 1.82) is 0 Å². The predicted octanol–water partition coefficient (Wildman–Crippen LogP) is 4.87. The van der Waals surface area contributed by atoms with Gasteiger partial charge in [-0.2, -0.15) is 0 Å². The molecule has 1 aliphatic rings. The van der Waals surface area contributed by atoms with Gasteiger partial charge in [-0.1, -0.05) is 35.9 Å². The molecule has 0 radical (unpaired) electrons. The van der Waals surface area contributed by atoms with Crippen LogP contribution in [-0.2, 0) is 4.74 Å². The molecular formula is C18H18ClNO. The number of aliphatic imine (C=N–C) groups is 1. The number of nitrogens with zero attached hydrogens (tertiary/aromatic N) is 1. The van der Waals surface area contributed by atoms with Crippen LogP contribution >= 0.6 is 11.6 Å². The Balaban J connectivity index is 2.13. The Morgan fingerprint density at radius 1 is 1.05 bits per heavy atom. The molecule has 2 aromatic carbocycles. The highest BCUT2D eigenvalue weighted by Crippen LogP contribution is 2.31. The van der Waals surface area contributed by atoms with E-state index in [1.807, 2.05) is 24.3 Å². The van der Waals surface area contributed by atoms with Gasteiger partial charge in [0.1, 0.15) is 6.61 Å². The molecule has 2 aromatic rings. The molecule has 1 heterocycles. The number of hydrogen-bond acceptors (Lipinski definition) is 2. The van der Waals surface area contributed by atoms with E-state index in [1.165, 1.54) is 0 Å². The van der Waals surface area contributed by atoms with Crippen molar-refractivity contribution in [2.24, 2.45) is 4.99 Å². The van der Waals surface area contributed by atoms with Gasteiger partial charge in [0.15, 0.2) is 0 Å². The van der Waals surface area contributed by atoms with Crippen LogP contribution in [0.2, 0.25) is 5.02 Å². The molecule has 2 nitrogen and oxygen atoms in total. The summed E-state index contributed by atoms with van der Waals surface area (Å²) in [4.78, 5) is 4.69. The van der Waals surface area contributed by atoms with Gasteiger partial charge in [-0.15, -0.1) is 0 Å². The van der Waals surface area contributed by atoms with Crippen molar-refractivity contribution in [3.05, 3.63) is 58.6 Å². The van der Waals surface area contributed by atoms with Crippen molar-refractivity contribution in [3.63, 3.8) is 0 Å². The molecule has 21 heavy (non-hydrogen) atoms. The summed E-state index contributed by atoms with van der Waals surface area (Å²) in [5.41, 5.74) is 4.31. The third kappa shape index (κ3) is 2.81. The summed E-state index contributed by atoms with van der Waals surface area (Å²) in [6, 6.07) is 14.2. The van der Waals surface area contributed by atoms with Crippen molar-refractivity contribution in [3.8, 4) is 11.1 Å². The zero-order valence-electron chi connectivity index (χ0n) is 12.5. The topological polar surface area (TPSA) is 21.6 Å². The maximum atomic E-state index is 6.06. The summed E-state index contributed by atoms with van der Waals surface area (Å²) in [6.45, 7) is 6.85. The highest BCUT2D eigenvalue weighted by Gasteiger charge is 2.28. The van der Waals surface area contributed by atoms with Crippen LogP contribution in [0.5, 0.6) is 0 Å². The minimum absolute atomic E-state index is 0.155. The third-order valence-corrected chi connectivity index (χ3v) is 3.84. The molecule has 3 rings (SSSR count). The van der Waals surface area contributed by atoms with Gasteiger partial charge in [-0.3, -0.25) is 0 Å². The fourth-order valence-corrected chi connectivity index (χ4v) is 2.78. The maximum Gasteiger partial charge on any atom is 0.217 e. The van der Waals surface area contributed by atoms with Crippen molar-refractivity contribution >= 4 is 17.5 Å². The zero-order valence-corrected chi connectivity index (χ0v) is 13.2. The Bertz CT molecular complexity index is 719. The molecule has 0 N–H and O–H groups in total. The van der Waals surface area contributed by atoms with Gasteiger partial charge in [-0.25, -0.2) is 4.99 Å². The average Bonchev–Trinajstić information content (AvgIpc) is 2.79. The van der Waals surface area contributed by atoms with Crippen LogP contribution in [0.15, 0.2) is 47.5 Å². The van der Waals surface area contributed by atoms with Crippen molar-refractivity contribution in [2.45, 2.75) is 26.3 Å². The lowest BCUT2D eigenvalue weighted by Crippen LogP contribution is -2.17. The molecule has 0 aliphatic carbocycles. The first-order valence-electron chi connectivity index (χ1n) is 7.05. The van der Waals surface area contributed by atoms with E-state index in [1.54, 1.807) is 0 Å². The monoisotopic (exact) mass is 299 g/mol. The first-order chi connectivity index (χ1) is 9.96. The van der Waals surface area contributed by atoms with Crippen LogP contribution in [0, 0.1) is 6.92 Å². The molecule has 108 valence electrons. The van der Waals surface area contributed by atoms with Crippen molar-refractivity contribution < 1.29 is 4.74 Å². The van der Waals surface area contributed by atoms with Crippen LogP contribution in [0.3, 0.4) is 0 Å². The lowest BCUT2D eigenvalue weighted by molar-refractivity contribution is 0.279. The summed E-state index contributed by atoms with van der Waals surface area (Å²) in [5.74, 6) is 0.727. The van der Waals surface area contributed by atoms with Gasteiger partial charge in [-0.05, 0) is 55.7 Å². The van der Waals surface area contributed by atoms with E-state index in [-0.39, 0.29) is 5.54 Å². The van der Waals surface area contributed by atoms with Crippen LogP contribution in [0.1, 0.15) is 25.0 Å². The van der Waals surface area contributed by atoms with E-state index in [0.29, 0.717) is 6.61 Å². The largest absolute Gasteiger partial charge is 0.475 e. The lowest BCUT2D eigenvalue weighted by atomic mass is 9.96. The van der Waals surface area contributed by atoms with Gasteiger partial charge < -0.3 is 4.74 Å². The van der Waals surface area contributed by atoms with E-state index in [2.05, 4.69) is 39.0 Å². The van der Waals surface area contributed by atoms with Crippen LogP contribution in [0.25, 0.3) is 11.1 Å². The Labute approximate surface area is 130 Å². The standard InChI is InChI=1S/C18H18ClNO/c1-12-10-13(19)8-9-14(12)15-6-4-5-7-16(15)17-20-18(2,3)11-21-17/h4-10H,11H2,1-3H3. The normalized spacial score (nSPS) is 16.5. The molecule has 1 aliphatic heterocycles. The Morgan fingerprint density at radius 3 is 2.38 bits per heavy atom. The summed E-state index contributed by atoms with van der Waals surface area (Å²) in [7, 11) is 0. The molecule has 0 saturated heterocycles. The van der Waals surface area contributed by atoms with Gasteiger partial charge in [0.2, 0.25) is 5.90 Å². The third-order valence-electron chi connectivity index (χ3n) is 3.60. The fourth-order valence-electron chi connectivity index (χ4n) is 2.56. The van der Waals surface area contributed by atoms with Gasteiger partial charge in [0.25, 0.3) is 0 Å². The highest BCUT2D eigenvalue weighted by atomic mass is 35.5. The fraction of sp³-hybridized carbons (Fsp3) is 0.278. The molecule has 0 saturated carbocycles. The Kier molecular flexibility index (Phi) is 3.50. The molecule has 0 bridgehead atoms. The van der Waals surface area contributed by atoms with E-state index < -0.39 is 0 Å². The van der Waals surface area contributed by atoms with Gasteiger partial charge >= 0.3 is 0 Å². The van der Waals surface area contributed by atoms with Crippen LogP contribution < -0.4 is 0 Å². The van der Waals surface area contributed by atoms with Crippen LogP contribution in [-0.4, -0.2) is 18.0 Å². The number of ether oxygens (including phenoxy) is 1. The second-order valence-electron chi connectivity index (χ2n) is 6.02. The predicted molar refractivity (Wildman–Crippen MR) is 88.2 cm³/mol. The van der Waals surface area contributed by atoms with E-state index in [9.17, 15) is 0 Å². The maximum absolute atomic E-state index is 6.06. The van der Waals surface area contributed by atoms with Crippen molar-refractivity contribution in [1.82, 2.24) is 0 Å². The Hall–Kier alpha value is -1.80. The zero-order chi connectivity index (χ0) is 15.0. The molecular weight excluding hydrogens is 282 g/mol. The SMILES string of the molecule is Cc1cc(Cl)ccc1-c1ccccc1C1=NC(C)(C)CO1. The molecule has 0 spiro atoms. The van der Waals surface area contributed by atoms with Gasteiger partial charge in [0.05, 0.1) is 5.54 Å². The lowest BCUT2D eigenvalue weighted by Gasteiger charge is -2.12. The molecule has 3 heteroatoms. The average molecular weight is 300 g/mol. The second-order valence-corrected chi connectivity index (χ2v) is 6.46. The van der Waals surface area contributed by atoms with Crippen molar-refractivity contribution in [2.75, 3.05) is 6.61 Å². The second kappa shape index (κ2) is 5.19. The first kappa shape index (κ1) is 14.2. The molecule has 0 fully saturated rings. The minimum atomic E-state index is -0.155. The van der Waals surface area contributed by atoms with E-state index >= 15 is 0 Å². The molecule has 0 aromatic heterocycles. The summed E-state index contributed by atoms with van der Waals surface area (Å²) in [6.07, 6.45) is 0. The Morgan fingerprint density at radius 2 is 1.76 bits per heavy atom. The number of halogens is 1. The highest BCUT2D eigenvalue weighted by molar-refractivity contribution is 6.30. The molecule has 0 amide bonds. The van der Waals surface area contributed by atoms with Gasteiger partial charge in [0, 0.05) is 10.6 Å². The van der Waals surface area contributed by atoms with E-state index in [4.69, 9.17) is 21.3 Å². The smallest absolute Gasteiger partial charge is 0.217 e. The molecule has 0 atom stereocenters. The quantitative estimate of drug-likeness (QED) is 0.775. The summed E-state index contributed by atoms with van der Waals surface area (Å²) in [5, 5.41) is 0.754. The number of hydrogen-bond donors (Lipinski definition) is 0. The van der Waals surface area contributed by atoms with E-state index in [0.717, 1.165) is 33.2 Å². The summed E-state index contributed by atoms with van der Waals surface area (Å²) >= 11 is 6.06. The number of rotatable bonds is 2. The number of benzene rings is 2. The molecule has 0 unspecified atom stereocenters. The minimum Gasteiger partial charge on any atom is -0.475 e. The van der Waals surface area contributed by atoms with Crippen LogP contribution in [0.4, 0.5) is 0 Å².